The minimum absolute atomic E-state index is 0.255. The summed E-state index contributed by atoms with van der Waals surface area (Å²) in [5.41, 5.74) is 1.70. The molecular weight excluding hydrogens is 240 g/mol. The lowest BCUT2D eigenvalue weighted by Gasteiger charge is -2.08. The van der Waals surface area contributed by atoms with Crippen molar-refractivity contribution in [2.24, 2.45) is 0 Å². The van der Waals surface area contributed by atoms with Gasteiger partial charge in [0.05, 0.1) is 6.54 Å². The van der Waals surface area contributed by atoms with Gasteiger partial charge in [0.15, 0.2) is 0 Å². The summed E-state index contributed by atoms with van der Waals surface area (Å²) < 4.78 is 2.80. The molecular formula is C15H18N2O2. The van der Waals surface area contributed by atoms with Crippen LogP contribution in [0.5, 0.6) is 0 Å². The zero-order chi connectivity index (χ0) is 13.8. The zero-order valence-corrected chi connectivity index (χ0v) is 11.3. The van der Waals surface area contributed by atoms with E-state index in [9.17, 15) is 9.59 Å². The van der Waals surface area contributed by atoms with Gasteiger partial charge in [-0.2, -0.15) is 0 Å². The number of hydrogen-bond acceptors (Lipinski definition) is 2. The molecule has 0 aliphatic rings. The lowest BCUT2D eigenvalue weighted by molar-refractivity contribution is 0.600. The van der Waals surface area contributed by atoms with Crippen LogP contribution in [0.15, 0.2) is 46.1 Å². The molecule has 0 saturated carbocycles. The van der Waals surface area contributed by atoms with E-state index < -0.39 is 0 Å². The van der Waals surface area contributed by atoms with Gasteiger partial charge in [0, 0.05) is 18.8 Å². The fraction of sp³-hybridized carbons (Fsp3) is 0.333. The number of benzene rings is 1. The van der Waals surface area contributed by atoms with Crippen LogP contribution in [0.3, 0.4) is 0 Å². The van der Waals surface area contributed by atoms with E-state index >= 15 is 0 Å². The maximum absolute atomic E-state index is 12.1. The summed E-state index contributed by atoms with van der Waals surface area (Å²) in [7, 11) is 0. The van der Waals surface area contributed by atoms with Crippen LogP contribution in [0.4, 0.5) is 0 Å². The van der Waals surface area contributed by atoms with Crippen molar-refractivity contribution in [3.63, 3.8) is 0 Å². The molecule has 0 amide bonds. The Hall–Kier alpha value is -2.10. The molecule has 4 nitrogen and oxygen atoms in total. The number of aromatic nitrogens is 2. The molecule has 1 aromatic heterocycles. The fourth-order valence-corrected chi connectivity index (χ4v) is 2.01. The number of hydrogen-bond donors (Lipinski definition) is 0. The normalized spacial score (nSPS) is 10.6. The van der Waals surface area contributed by atoms with E-state index in [4.69, 9.17) is 0 Å². The van der Waals surface area contributed by atoms with E-state index in [1.807, 2.05) is 31.2 Å². The van der Waals surface area contributed by atoms with Gasteiger partial charge in [-0.15, -0.1) is 0 Å². The van der Waals surface area contributed by atoms with Crippen LogP contribution in [0.2, 0.25) is 0 Å². The van der Waals surface area contributed by atoms with Crippen LogP contribution in [0, 0.1) is 0 Å². The summed E-state index contributed by atoms with van der Waals surface area (Å²) >= 11 is 0. The van der Waals surface area contributed by atoms with Gasteiger partial charge in [-0.25, -0.2) is 4.79 Å². The van der Waals surface area contributed by atoms with Gasteiger partial charge in [-0.1, -0.05) is 31.2 Å². The minimum atomic E-state index is -0.255. The molecule has 0 fully saturated rings. The van der Waals surface area contributed by atoms with Gasteiger partial charge in [-0.05, 0) is 24.5 Å². The van der Waals surface area contributed by atoms with E-state index in [1.54, 1.807) is 6.20 Å². The van der Waals surface area contributed by atoms with Gasteiger partial charge in [0.1, 0.15) is 0 Å². The van der Waals surface area contributed by atoms with Crippen molar-refractivity contribution in [2.75, 3.05) is 0 Å². The summed E-state index contributed by atoms with van der Waals surface area (Å²) in [5.74, 6) is 0. The highest BCUT2D eigenvalue weighted by molar-refractivity contribution is 5.22. The Labute approximate surface area is 111 Å². The van der Waals surface area contributed by atoms with Gasteiger partial charge < -0.3 is 4.57 Å². The smallest absolute Gasteiger partial charge is 0.301 e. The molecule has 0 atom stereocenters. The monoisotopic (exact) mass is 258 g/mol. The van der Waals surface area contributed by atoms with Gasteiger partial charge in [0.2, 0.25) is 0 Å². The molecule has 0 aliphatic carbocycles. The first-order valence-electron chi connectivity index (χ1n) is 6.53. The second-order valence-corrected chi connectivity index (χ2v) is 4.48. The lowest BCUT2D eigenvalue weighted by atomic mass is 10.1. The molecule has 2 aromatic rings. The van der Waals surface area contributed by atoms with E-state index in [-0.39, 0.29) is 11.2 Å². The van der Waals surface area contributed by atoms with Crippen molar-refractivity contribution < 1.29 is 0 Å². The van der Waals surface area contributed by atoms with Crippen molar-refractivity contribution in [2.45, 2.75) is 33.4 Å². The molecule has 0 N–H and O–H groups in total. The summed E-state index contributed by atoms with van der Waals surface area (Å²) in [5, 5.41) is 0. The predicted octanol–water partition coefficient (Wildman–Crippen LogP) is 1.64. The van der Waals surface area contributed by atoms with Crippen LogP contribution in [-0.2, 0) is 19.5 Å². The van der Waals surface area contributed by atoms with E-state index in [1.165, 1.54) is 20.8 Å². The van der Waals surface area contributed by atoms with Crippen molar-refractivity contribution in [3.8, 4) is 0 Å². The Bertz CT molecular complexity index is 666. The third kappa shape index (κ3) is 2.84. The first-order chi connectivity index (χ1) is 9.15. The molecule has 0 unspecified atom stereocenters. The Morgan fingerprint density at radius 1 is 0.947 bits per heavy atom. The van der Waals surface area contributed by atoms with Gasteiger partial charge in [0.25, 0.3) is 5.56 Å². The minimum Gasteiger partial charge on any atom is -0.301 e. The fourth-order valence-electron chi connectivity index (χ4n) is 2.01. The second kappa shape index (κ2) is 5.69. The standard InChI is InChI=1S/C15H18N2O2/c1-3-12-5-7-13(8-6-12)11-17-14(18)9-10-16(4-2)15(17)19/h5-10H,3-4,11H2,1-2H3. The number of aryl methyl sites for hydroxylation is 2. The summed E-state index contributed by atoms with van der Waals surface area (Å²) in [4.78, 5) is 23.9. The van der Waals surface area contributed by atoms with Crippen molar-refractivity contribution in [1.29, 1.82) is 0 Å². The van der Waals surface area contributed by atoms with Crippen LogP contribution >= 0.6 is 0 Å². The average Bonchev–Trinajstić information content (AvgIpc) is 2.44. The molecule has 0 saturated heterocycles. The second-order valence-electron chi connectivity index (χ2n) is 4.48. The number of nitrogens with zero attached hydrogens (tertiary/aromatic N) is 2. The summed E-state index contributed by atoms with van der Waals surface area (Å²) in [6, 6.07) is 9.43. The first kappa shape index (κ1) is 13.3. The van der Waals surface area contributed by atoms with Crippen LogP contribution < -0.4 is 11.2 Å². The molecule has 0 spiro atoms. The Morgan fingerprint density at radius 2 is 1.58 bits per heavy atom. The summed E-state index contributed by atoms with van der Waals surface area (Å²) in [6.45, 7) is 4.86. The molecule has 0 radical (unpaired) electrons. The highest BCUT2D eigenvalue weighted by atomic mass is 16.2. The molecule has 2 rings (SSSR count). The summed E-state index contributed by atoms with van der Waals surface area (Å²) in [6.07, 6.45) is 2.52. The lowest BCUT2D eigenvalue weighted by Crippen LogP contribution is -2.38. The molecule has 1 heterocycles. The quantitative estimate of drug-likeness (QED) is 0.836. The molecule has 4 heteroatoms. The highest BCUT2D eigenvalue weighted by Crippen LogP contribution is 2.05. The molecule has 100 valence electrons. The SMILES string of the molecule is CCc1ccc(Cn2c(=O)ccn(CC)c2=O)cc1. The van der Waals surface area contributed by atoms with Crippen LogP contribution in [0.1, 0.15) is 25.0 Å². The van der Waals surface area contributed by atoms with Crippen molar-refractivity contribution >= 4 is 0 Å². The predicted molar refractivity (Wildman–Crippen MR) is 75.6 cm³/mol. The van der Waals surface area contributed by atoms with Gasteiger partial charge in [-0.3, -0.25) is 9.36 Å². The number of rotatable bonds is 4. The van der Waals surface area contributed by atoms with Crippen molar-refractivity contribution in [1.82, 2.24) is 9.13 Å². The third-order valence-corrected chi connectivity index (χ3v) is 3.25. The van der Waals surface area contributed by atoms with Crippen molar-refractivity contribution in [3.05, 3.63) is 68.5 Å². The zero-order valence-electron chi connectivity index (χ0n) is 11.3. The maximum atomic E-state index is 12.1. The maximum Gasteiger partial charge on any atom is 0.331 e. The van der Waals surface area contributed by atoms with E-state index in [2.05, 4.69) is 6.92 Å². The Balaban J connectivity index is 2.37. The first-order valence-corrected chi connectivity index (χ1v) is 6.53. The van der Waals surface area contributed by atoms with E-state index in [0.29, 0.717) is 13.1 Å². The highest BCUT2D eigenvalue weighted by Gasteiger charge is 2.05. The van der Waals surface area contributed by atoms with E-state index in [0.717, 1.165) is 12.0 Å². The largest absolute Gasteiger partial charge is 0.331 e. The molecule has 0 bridgehead atoms. The van der Waals surface area contributed by atoms with Crippen LogP contribution in [-0.4, -0.2) is 9.13 Å². The Kier molecular flexibility index (Phi) is 4.00. The van der Waals surface area contributed by atoms with Gasteiger partial charge >= 0.3 is 5.69 Å². The average molecular weight is 258 g/mol. The molecule has 19 heavy (non-hydrogen) atoms. The Morgan fingerprint density at radius 3 is 2.16 bits per heavy atom. The topological polar surface area (TPSA) is 44.0 Å². The third-order valence-electron chi connectivity index (χ3n) is 3.25. The molecule has 1 aromatic carbocycles. The molecule has 0 aliphatic heterocycles. The van der Waals surface area contributed by atoms with Crippen LogP contribution in [0.25, 0.3) is 0 Å².